The van der Waals surface area contributed by atoms with E-state index in [0.29, 0.717) is 22.3 Å². The topological polar surface area (TPSA) is 72.0 Å². The molecule has 5 nitrogen and oxygen atoms in total. The van der Waals surface area contributed by atoms with Crippen LogP contribution in [0.25, 0.3) is 23.1 Å². The van der Waals surface area contributed by atoms with Crippen molar-refractivity contribution in [3.05, 3.63) is 75.8 Å². The number of aromatic amines is 1. The van der Waals surface area contributed by atoms with E-state index in [0.717, 1.165) is 5.56 Å². The summed E-state index contributed by atoms with van der Waals surface area (Å²) < 4.78 is 4.65. The van der Waals surface area contributed by atoms with Crippen molar-refractivity contribution in [2.75, 3.05) is 7.11 Å². The number of benzene rings is 2. The van der Waals surface area contributed by atoms with E-state index in [1.54, 1.807) is 48.5 Å². The van der Waals surface area contributed by atoms with Gasteiger partial charge >= 0.3 is 5.97 Å². The molecule has 0 bridgehead atoms. The molecule has 0 spiro atoms. The Kier molecular flexibility index (Phi) is 4.01. The molecule has 0 aliphatic heterocycles. The van der Waals surface area contributed by atoms with E-state index < -0.39 is 0 Å². The number of carbonyl (C=O) groups is 1. The Labute approximate surface area is 132 Å². The van der Waals surface area contributed by atoms with Crippen LogP contribution in [-0.2, 0) is 4.74 Å². The van der Waals surface area contributed by atoms with Crippen LogP contribution in [0, 0.1) is 0 Å². The van der Waals surface area contributed by atoms with Crippen LogP contribution in [0.4, 0.5) is 0 Å². The molecule has 0 atom stereocenters. The molecule has 23 heavy (non-hydrogen) atoms. The van der Waals surface area contributed by atoms with Crippen LogP contribution in [-0.4, -0.2) is 23.0 Å². The standard InChI is InChI=1S/C18H14N2O3/c1-23-18(22)13-9-6-12(7-10-13)8-11-16-19-15-5-3-2-4-14(15)17(21)20-16/h2-11H,1H3,(H,19,20,21)/b11-8+. The summed E-state index contributed by atoms with van der Waals surface area (Å²) in [5.74, 6) is 0.104. The predicted octanol–water partition coefficient (Wildman–Crippen LogP) is 2.88. The van der Waals surface area contributed by atoms with E-state index in [1.165, 1.54) is 7.11 Å². The maximum Gasteiger partial charge on any atom is 0.337 e. The molecule has 1 aromatic heterocycles. The highest BCUT2D eigenvalue weighted by Gasteiger charge is 2.03. The molecule has 3 rings (SSSR count). The molecule has 0 saturated carbocycles. The Hall–Kier alpha value is -3.21. The molecule has 0 unspecified atom stereocenters. The zero-order valence-electron chi connectivity index (χ0n) is 12.4. The number of H-pyrrole nitrogens is 1. The number of nitrogens with one attached hydrogen (secondary N) is 1. The SMILES string of the molecule is COC(=O)c1ccc(/C=C/c2nc3ccccc3c(=O)[nH]2)cc1. The third-order valence-electron chi connectivity index (χ3n) is 3.40. The summed E-state index contributed by atoms with van der Waals surface area (Å²) in [6.45, 7) is 0. The van der Waals surface area contributed by atoms with Crippen molar-refractivity contribution in [3.63, 3.8) is 0 Å². The smallest absolute Gasteiger partial charge is 0.337 e. The van der Waals surface area contributed by atoms with Crippen LogP contribution in [0.1, 0.15) is 21.7 Å². The Morgan fingerprint density at radius 2 is 1.83 bits per heavy atom. The molecule has 0 aliphatic rings. The average Bonchev–Trinajstić information content (AvgIpc) is 2.60. The lowest BCUT2D eigenvalue weighted by molar-refractivity contribution is 0.0600. The van der Waals surface area contributed by atoms with E-state index in [1.807, 2.05) is 12.1 Å². The second-order valence-corrected chi connectivity index (χ2v) is 4.92. The number of methoxy groups -OCH3 is 1. The van der Waals surface area contributed by atoms with Gasteiger partial charge in [0.25, 0.3) is 5.56 Å². The minimum absolute atomic E-state index is 0.170. The number of carbonyl (C=O) groups excluding carboxylic acids is 1. The van der Waals surface area contributed by atoms with E-state index in [9.17, 15) is 9.59 Å². The second kappa shape index (κ2) is 6.27. The van der Waals surface area contributed by atoms with E-state index in [-0.39, 0.29) is 11.5 Å². The monoisotopic (exact) mass is 306 g/mol. The highest BCUT2D eigenvalue weighted by molar-refractivity contribution is 5.89. The van der Waals surface area contributed by atoms with Gasteiger partial charge in [-0.3, -0.25) is 4.79 Å². The normalized spacial score (nSPS) is 11.0. The van der Waals surface area contributed by atoms with E-state index >= 15 is 0 Å². The average molecular weight is 306 g/mol. The summed E-state index contributed by atoms with van der Waals surface area (Å²) in [5.41, 5.74) is 1.85. The molecule has 5 heteroatoms. The largest absolute Gasteiger partial charge is 0.465 e. The summed E-state index contributed by atoms with van der Waals surface area (Å²) in [6.07, 6.45) is 3.54. The van der Waals surface area contributed by atoms with Gasteiger partial charge in [0, 0.05) is 0 Å². The number of rotatable bonds is 3. The molecule has 0 aliphatic carbocycles. The van der Waals surface area contributed by atoms with E-state index in [4.69, 9.17) is 0 Å². The number of fused-ring (bicyclic) bond motifs is 1. The van der Waals surface area contributed by atoms with Gasteiger partial charge in [0.2, 0.25) is 0 Å². The zero-order valence-corrected chi connectivity index (χ0v) is 12.4. The summed E-state index contributed by atoms with van der Waals surface area (Å²) in [5, 5.41) is 0.562. The van der Waals surface area contributed by atoms with Gasteiger partial charge < -0.3 is 9.72 Å². The van der Waals surface area contributed by atoms with Gasteiger partial charge in [-0.25, -0.2) is 9.78 Å². The number of hydrogen-bond acceptors (Lipinski definition) is 4. The Morgan fingerprint density at radius 3 is 2.57 bits per heavy atom. The van der Waals surface area contributed by atoms with Gasteiger partial charge in [-0.2, -0.15) is 0 Å². The van der Waals surface area contributed by atoms with Crippen molar-refractivity contribution in [2.45, 2.75) is 0 Å². The first kappa shape index (κ1) is 14.7. The van der Waals surface area contributed by atoms with Crippen molar-refractivity contribution in [2.24, 2.45) is 0 Å². The second-order valence-electron chi connectivity index (χ2n) is 4.92. The van der Waals surface area contributed by atoms with Gasteiger partial charge in [0.05, 0.1) is 23.6 Å². The number of nitrogens with zero attached hydrogens (tertiary/aromatic N) is 1. The molecule has 1 heterocycles. The number of hydrogen-bond donors (Lipinski definition) is 1. The summed E-state index contributed by atoms with van der Waals surface area (Å²) in [7, 11) is 1.35. The van der Waals surface area contributed by atoms with Crippen molar-refractivity contribution in [1.82, 2.24) is 9.97 Å². The molecule has 0 fully saturated rings. The minimum Gasteiger partial charge on any atom is -0.465 e. The molecule has 0 radical (unpaired) electrons. The van der Waals surface area contributed by atoms with Gasteiger partial charge in [-0.1, -0.05) is 30.3 Å². The number of aromatic nitrogens is 2. The third-order valence-corrected chi connectivity index (χ3v) is 3.40. The van der Waals surface area contributed by atoms with Crippen LogP contribution in [0.5, 0.6) is 0 Å². The van der Waals surface area contributed by atoms with Crippen LogP contribution in [0.15, 0.2) is 53.3 Å². The van der Waals surface area contributed by atoms with Crippen molar-refractivity contribution in [1.29, 1.82) is 0 Å². The van der Waals surface area contributed by atoms with Gasteiger partial charge in [0.15, 0.2) is 0 Å². The molecule has 0 amide bonds. The number of ether oxygens (including phenoxy) is 1. The molecular formula is C18H14N2O3. The first-order valence-electron chi connectivity index (χ1n) is 7.03. The van der Waals surface area contributed by atoms with Crippen LogP contribution >= 0.6 is 0 Å². The first-order chi connectivity index (χ1) is 11.2. The fourth-order valence-corrected chi connectivity index (χ4v) is 2.21. The van der Waals surface area contributed by atoms with E-state index in [2.05, 4.69) is 14.7 Å². The molecule has 114 valence electrons. The number of esters is 1. The molecule has 1 N–H and O–H groups in total. The lowest BCUT2D eigenvalue weighted by Gasteiger charge is -2.00. The quantitative estimate of drug-likeness (QED) is 0.755. The van der Waals surface area contributed by atoms with Crippen LogP contribution in [0.3, 0.4) is 0 Å². The van der Waals surface area contributed by atoms with Crippen LogP contribution < -0.4 is 5.56 Å². The lowest BCUT2D eigenvalue weighted by Crippen LogP contribution is -2.09. The highest BCUT2D eigenvalue weighted by Crippen LogP contribution is 2.10. The van der Waals surface area contributed by atoms with Crippen molar-refractivity contribution in [3.8, 4) is 0 Å². The molecule has 0 saturated heterocycles. The maximum atomic E-state index is 12.0. The van der Waals surface area contributed by atoms with Crippen LogP contribution in [0.2, 0.25) is 0 Å². The Balaban J connectivity index is 1.88. The number of para-hydroxylation sites is 1. The van der Waals surface area contributed by atoms with Gasteiger partial charge in [-0.15, -0.1) is 0 Å². The summed E-state index contributed by atoms with van der Waals surface area (Å²) in [4.78, 5) is 30.5. The predicted molar refractivity (Wildman–Crippen MR) is 89.1 cm³/mol. The Morgan fingerprint density at radius 1 is 1.09 bits per heavy atom. The third kappa shape index (κ3) is 3.18. The molecule has 2 aromatic carbocycles. The maximum absolute atomic E-state index is 12.0. The fourth-order valence-electron chi connectivity index (χ4n) is 2.21. The summed E-state index contributed by atoms with van der Waals surface area (Å²) in [6, 6.07) is 14.1. The Bertz CT molecular complexity index is 940. The zero-order chi connectivity index (χ0) is 16.2. The minimum atomic E-state index is -0.374. The molecular weight excluding hydrogens is 292 g/mol. The lowest BCUT2D eigenvalue weighted by atomic mass is 10.1. The van der Waals surface area contributed by atoms with Crippen molar-refractivity contribution >= 4 is 29.0 Å². The van der Waals surface area contributed by atoms with Crippen molar-refractivity contribution < 1.29 is 9.53 Å². The summed E-state index contributed by atoms with van der Waals surface area (Å²) >= 11 is 0. The van der Waals surface area contributed by atoms with Gasteiger partial charge in [0.1, 0.15) is 5.82 Å². The fraction of sp³-hybridized carbons (Fsp3) is 0.0556. The first-order valence-corrected chi connectivity index (χ1v) is 7.03. The molecule has 3 aromatic rings. The van der Waals surface area contributed by atoms with Gasteiger partial charge in [-0.05, 0) is 35.9 Å². The highest BCUT2D eigenvalue weighted by atomic mass is 16.5.